The summed E-state index contributed by atoms with van der Waals surface area (Å²) in [6, 6.07) is 5.86. The molecular formula is C12H16ClNO5. The number of aliphatic hydroxyl groups excluding tert-OH is 4. The Morgan fingerprint density at radius 3 is 2.58 bits per heavy atom. The van der Waals surface area contributed by atoms with Gasteiger partial charge in [0.15, 0.2) is 6.29 Å². The minimum Gasteiger partial charge on any atom is -0.394 e. The molecule has 0 aromatic heterocycles. The monoisotopic (exact) mass is 289 g/mol. The first kappa shape index (κ1) is 14.5. The summed E-state index contributed by atoms with van der Waals surface area (Å²) in [5.41, 5.74) is 0.585. The van der Waals surface area contributed by atoms with Gasteiger partial charge in [0.25, 0.3) is 0 Å². The Morgan fingerprint density at radius 1 is 1.21 bits per heavy atom. The molecule has 0 amide bonds. The average Bonchev–Trinajstić information content (AvgIpc) is 2.39. The van der Waals surface area contributed by atoms with E-state index >= 15 is 0 Å². The van der Waals surface area contributed by atoms with Crippen molar-refractivity contribution in [3.05, 3.63) is 29.3 Å². The Morgan fingerprint density at radius 2 is 1.95 bits per heavy atom. The predicted molar refractivity (Wildman–Crippen MR) is 68.8 cm³/mol. The van der Waals surface area contributed by atoms with E-state index < -0.39 is 37.3 Å². The summed E-state index contributed by atoms with van der Waals surface area (Å²) >= 11 is 5.84. The summed E-state index contributed by atoms with van der Waals surface area (Å²) in [6.45, 7) is -0.460. The minimum atomic E-state index is -1.47. The third-order valence-electron chi connectivity index (χ3n) is 3.06. The van der Waals surface area contributed by atoms with Gasteiger partial charge in [0, 0.05) is 10.7 Å². The molecule has 19 heavy (non-hydrogen) atoms. The number of anilines is 1. The molecule has 7 heteroatoms. The van der Waals surface area contributed by atoms with Crippen LogP contribution in [0.5, 0.6) is 0 Å². The van der Waals surface area contributed by atoms with Crippen LogP contribution in [-0.2, 0) is 4.74 Å². The summed E-state index contributed by atoms with van der Waals surface area (Å²) in [5.74, 6) is 0. The van der Waals surface area contributed by atoms with Gasteiger partial charge in [0.1, 0.15) is 18.3 Å². The van der Waals surface area contributed by atoms with Gasteiger partial charge in [-0.1, -0.05) is 17.7 Å². The van der Waals surface area contributed by atoms with Crippen molar-refractivity contribution in [2.24, 2.45) is 0 Å². The van der Waals surface area contributed by atoms with Crippen LogP contribution in [0, 0.1) is 0 Å². The molecule has 0 unspecified atom stereocenters. The number of halogens is 1. The molecule has 0 aliphatic carbocycles. The topological polar surface area (TPSA) is 102 Å². The molecule has 106 valence electrons. The lowest BCUT2D eigenvalue weighted by atomic mass is 9.96. The van der Waals surface area contributed by atoms with Gasteiger partial charge in [0.2, 0.25) is 0 Å². The van der Waals surface area contributed by atoms with Gasteiger partial charge in [-0.25, -0.2) is 0 Å². The van der Waals surface area contributed by atoms with Gasteiger partial charge < -0.3 is 30.5 Å². The molecule has 2 rings (SSSR count). The van der Waals surface area contributed by atoms with E-state index in [1.165, 1.54) is 0 Å². The zero-order valence-corrected chi connectivity index (χ0v) is 10.7. The third kappa shape index (κ3) is 3.17. The molecule has 0 radical (unpaired) electrons. The SMILES string of the molecule is OC[C@H]1O[C@@H](O)[C@H](O)[C@@H](Nc2cccc(Cl)c2)[C@H]1O. The fourth-order valence-corrected chi connectivity index (χ4v) is 2.23. The van der Waals surface area contributed by atoms with E-state index in [9.17, 15) is 15.3 Å². The van der Waals surface area contributed by atoms with Gasteiger partial charge in [0.05, 0.1) is 12.6 Å². The molecule has 6 nitrogen and oxygen atoms in total. The second kappa shape index (κ2) is 6.04. The standard InChI is InChI=1S/C12H16ClNO5/c13-6-2-1-3-7(4-6)14-9-10(16)8(5-15)19-12(18)11(9)17/h1-4,8-12,14-18H,5H2/t8-,9+,10+,11-,12-/m1/s1. The molecule has 1 heterocycles. The van der Waals surface area contributed by atoms with Crippen molar-refractivity contribution in [2.45, 2.75) is 30.6 Å². The van der Waals surface area contributed by atoms with Crippen LogP contribution in [-0.4, -0.2) is 57.7 Å². The van der Waals surface area contributed by atoms with Gasteiger partial charge in [-0.15, -0.1) is 0 Å². The van der Waals surface area contributed by atoms with E-state index in [2.05, 4.69) is 5.32 Å². The van der Waals surface area contributed by atoms with Crippen molar-refractivity contribution in [2.75, 3.05) is 11.9 Å². The van der Waals surface area contributed by atoms with Crippen LogP contribution in [0.4, 0.5) is 5.69 Å². The number of hydrogen-bond acceptors (Lipinski definition) is 6. The summed E-state index contributed by atoms with van der Waals surface area (Å²) in [6.07, 6.45) is -4.92. The van der Waals surface area contributed by atoms with Crippen LogP contribution in [0.3, 0.4) is 0 Å². The number of hydrogen-bond donors (Lipinski definition) is 5. The highest BCUT2D eigenvalue weighted by Gasteiger charge is 2.43. The van der Waals surface area contributed by atoms with Crippen molar-refractivity contribution in [1.29, 1.82) is 0 Å². The molecule has 1 saturated heterocycles. The van der Waals surface area contributed by atoms with Gasteiger partial charge in [-0.3, -0.25) is 0 Å². The molecule has 1 aromatic carbocycles. The lowest BCUT2D eigenvalue weighted by molar-refractivity contribution is -0.255. The summed E-state index contributed by atoms with van der Waals surface area (Å²) < 4.78 is 4.89. The number of nitrogens with one attached hydrogen (secondary N) is 1. The molecule has 0 spiro atoms. The molecular weight excluding hydrogens is 274 g/mol. The van der Waals surface area contributed by atoms with Gasteiger partial charge in [-0.05, 0) is 18.2 Å². The Hall–Kier alpha value is -0.890. The molecule has 1 aromatic rings. The smallest absolute Gasteiger partial charge is 0.183 e. The van der Waals surface area contributed by atoms with E-state index in [1.807, 2.05) is 0 Å². The van der Waals surface area contributed by atoms with Crippen molar-refractivity contribution in [3.63, 3.8) is 0 Å². The zero-order chi connectivity index (χ0) is 14.0. The van der Waals surface area contributed by atoms with E-state index in [1.54, 1.807) is 24.3 Å². The maximum atomic E-state index is 10.00. The molecule has 1 aliphatic rings. The lowest BCUT2D eigenvalue weighted by Gasteiger charge is -2.40. The number of ether oxygens (including phenoxy) is 1. The minimum absolute atomic E-state index is 0.460. The van der Waals surface area contributed by atoms with Crippen LogP contribution < -0.4 is 5.32 Å². The van der Waals surface area contributed by atoms with Crippen LogP contribution >= 0.6 is 11.6 Å². The van der Waals surface area contributed by atoms with Crippen LogP contribution in [0.15, 0.2) is 24.3 Å². The van der Waals surface area contributed by atoms with Crippen LogP contribution in [0.1, 0.15) is 0 Å². The molecule has 5 atom stereocenters. The van der Waals surface area contributed by atoms with Gasteiger partial charge in [-0.2, -0.15) is 0 Å². The van der Waals surface area contributed by atoms with E-state index in [0.717, 1.165) is 0 Å². The highest BCUT2D eigenvalue weighted by atomic mass is 35.5. The Kier molecular flexibility index (Phi) is 4.62. The third-order valence-corrected chi connectivity index (χ3v) is 3.30. The second-order valence-electron chi connectivity index (χ2n) is 4.41. The first-order valence-electron chi connectivity index (χ1n) is 5.85. The maximum absolute atomic E-state index is 10.00. The maximum Gasteiger partial charge on any atom is 0.183 e. The van der Waals surface area contributed by atoms with Gasteiger partial charge >= 0.3 is 0 Å². The quantitative estimate of drug-likeness (QED) is 0.517. The van der Waals surface area contributed by atoms with Crippen LogP contribution in [0.2, 0.25) is 5.02 Å². The van der Waals surface area contributed by atoms with Crippen molar-refractivity contribution >= 4 is 17.3 Å². The normalized spacial score (nSPS) is 35.1. The molecule has 5 N–H and O–H groups in total. The summed E-state index contributed by atoms with van der Waals surface area (Å²) in [7, 11) is 0. The van der Waals surface area contributed by atoms with Crippen molar-refractivity contribution in [1.82, 2.24) is 0 Å². The predicted octanol–water partition coefficient (Wildman–Crippen LogP) is -0.448. The molecule has 0 bridgehead atoms. The molecule has 1 aliphatic heterocycles. The summed E-state index contributed by atoms with van der Waals surface area (Å²) in [4.78, 5) is 0. The summed E-state index contributed by atoms with van der Waals surface area (Å²) in [5, 5.41) is 41.8. The Bertz CT molecular complexity index is 432. The first-order chi connectivity index (χ1) is 9.02. The Balaban J connectivity index is 2.16. The number of rotatable bonds is 3. The van der Waals surface area contributed by atoms with Crippen molar-refractivity contribution in [3.8, 4) is 0 Å². The highest BCUT2D eigenvalue weighted by molar-refractivity contribution is 6.30. The molecule has 1 fully saturated rings. The second-order valence-corrected chi connectivity index (χ2v) is 4.85. The van der Waals surface area contributed by atoms with E-state index in [4.69, 9.17) is 21.4 Å². The fraction of sp³-hybridized carbons (Fsp3) is 0.500. The highest BCUT2D eigenvalue weighted by Crippen LogP contribution is 2.24. The zero-order valence-electron chi connectivity index (χ0n) is 9.98. The van der Waals surface area contributed by atoms with Crippen LogP contribution in [0.25, 0.3) is 0 Å². The lowest BCUT2D eigenvalue weighted by Crippen LogP contribution is -2.61. The number of benzene rings is 1. The van der Waals surface area contributed by atoms with E-state index in [0.29, 0.717) is 10.7 Å². The molecule has 0 saturated carbocycles. The fourth-order valence-electron chi connectivity index (χ4n) is 2.04. The van der Waals surface area contributed by atoms with Crippen molar-refractivity contribution < 1.29 is 25.2 Å². The first-order valence-corrected chi connectivity index (χ1v) is 6.23. The average molecular weight is 290 g/mol. The number of aliphatic hydroxyl groups is 4. The largest absolute Gasteiger partial charge is 0.394 e. The Labute approximate surface area is 115 Å². The van der Waals surface area contributed by atoms with E-state index in [-0.39, 0.29) is 0 Å².